The number of benzene rings is 1. The van der Waals surface area contributed by atoms with Crippen LogP contribution in [0.1, 0.15) is 49.9 Å². The standard InChI is InChI=1S/C15H21NO2/c1-10-3-6-13(7-4-10)18-15-8-5-12(16)9-14(15)11(2)17/h5,8-10,13H,3-4,6-7,16H2,1-2H3. The van der Waals surface area contributed by atoms with Crippen molar-refractivity contribution in [2.45, 2.75) is 45.6 Å². The summed E-state index contributed by atoms with van der Waals surface area (Å²) < 4.78 is 5.97. The van der Waals surface area contributed by atoms with Crippen LogP contribution >= 0.6 is 0 Å². The highest BCUT2D eigenvalue weighted by molar-refractivity contribution is 5.97. The Hall–Kier alpha value is -1.51. The van der Waals surface area contributed by atoms with E-state index in [1.807, 2.05) is 6.07 Å². The van der Waals surface area contributed by atoms with Crippen LogP contribution in [0.25, 0.3) is 0 Å². The van der Waals surface area contributed by atoms with Crippen LogP contribution in [0.15, 0.2) is 18.2 Å². The maximum atomic E-state index is 11.6. The third kappa shape index (κ3) is 3.03. The van der Waals surface area contributed by atoms with Gasteiger partial charge in [0.2, 0.25) is 0 Å². The molecule has 0 heterocycles. The zero-order chi connectivity index (χ0) is 13.1. The van der Waals surface area contributed by atoms with E-state index in [-0.39, 0.29) is 11.9 Å². The molecule has 0 amide bonds. The molecule has 0 radical (unpaired) electrons. The van der Waals surface area contributed by atoms with Crippen molar-refractivity contribution in [3.8, 4) is 5.75 Å². The molecule has 0 unspecified atom stereocenters. The molecule has 1 aromatic rings. The molecule has 0 saturated heterocycles. The van der Waals surface area contributed by atoms with E-state index in [2.05, 4.69) is 6.92 Å². The van der Waals surface area contributed by atoms with Crippen LogP contribution in [0.4, 0.5) is 5.69 Å². The predicted octanol–water partition coefficient (Wildman–Crippen LogP) is 3.43. The third-order valence-corrected chi connectivity index (χ3v) is 3.64. The normalized spacial score (nSPS) is 23.7. The maximum Gasteiger partial charge on any atom is 0.163 e. The van der Waals surface area contributed by atoms with Crippen molar-refractivity contribution in [1.82, 2.24) is 0 Å². The van der Waals surface area contributed by atoms with E-state index in [1.165, 1.54) is 12.8 Å². The van der Waals surface area contributed by atoms with E-state index in [0.29, 0.717) is 17.0 Å². The third-order valence-electron chi connectivity index (χ3n) is 3.64. The summed E-state index contributed by atoms with van der Waals surface area (Å²) in [5, 5.41) is 0. The lowest BCUT2D eigenvalue weighted by atomic mass is 9.89. The van der Waals surface area contributed by atoms with Crippen molar-refractivity contribution >= 4 is 11.5 Å². The van der Waals surface area contributed by atoms with Crippen LogP contribution in [0.5, 0.6) is 5.75 Å². The van der Waals surface area contributed by atoms with E-state index >= 15 is 0 Å². The molecular weight excluding hydrogens is 226 g/mol. The molecule has 1 aromatic carbocycles. The maximum absolute atomic E-state index is 11.6. The largest absolute Gasteiger partial charge is 0.490 e. The summed E-state index contributed by atoms with van der Waals surface area (Å²) in [6, 6.07) is 5.29. The van der Waals surface area contributed by atoms with Crippen LogP contribution in [0, 0.1) is 5.92 Å². The summed E-state index contributed by atoms with van der Waals surface area (Å²) in [5.74, 6) is 1.47. The molecule has 0 aliphatic heterocycles. The number of carbonyl (C=O) groups excluding carboxylic acids is 1. The van der Waals surface area contributed by atoms with Gasteiger partial charge in [0.15, 0.2) is 5.78 Å². The lowest BCUT2D eigenvalue weighted by Crippen LogP contribution is -2.23. The summed E-state index contributed by atoms with van der Waals surface area (Å²) in [7, 11) is 0. The molecule has 0 aromatic heterocycles. The molecule has 1 aliphatic rings. The molecule has 98 valence electrons. The lowest BCUT2D eigenvalue weighted by molar-refractivity contribution is 0.0996. The number of nitrogens with two attached hydrogens (primary N) is 1. The second-order valence-electron chi connectivity index (χ2n) is 5.31. The Bertz CT molecular complexity index is 434. The number of ketones is 1. The van der Waals surface area contributed by atoms with Crippen molar-refractivity contribution in [3.05, 3.63) is 23.8 Å². The van der Waals surface area contributed by atoms with Crippen molar-refractivity contribution in [1.29, 1.82) is 0 Å². The first kappa shape index (κ1) is 12.9. The van der Waals surface area contributed by atoms with Gasteiger partial charge in [0, 0.05) is 5.69 Å². The molecule has 0 atom stereocenters. The summed E-state index contributed by atoms with van der Waals surface area (Å²) in [6.07, 6.45) is 4.79. The van der Waals surface area contributed by atoms with Gasteiger partial charge >= 0.3 is 0 Å². The Labute approximate surface area is 108 Å². The SMILES string of the molecule is CC(=O)c1cc(N)ccc1OC1CCC(C)CC1. The first-order valence-electron chi connectivity index (χ1n) is 6.63. The lowest BCUT2D eigenvalue weighted by Gasteiger charge is -2.27. The highest BCUT2D eigenvalue weighted by Gasteiger charge is 2.21. The van der Waals surface area contributed by atoms with Crippen molar-refractivity contribution < 1.29 is 9.53 Å². The predicted molar refractivity (Wildman–Crippen MR) is 72.9 cm³/mol. The number of anilines is 1. The van der Waals surface area contributed by atoms with Crippen LogP contribution in [-0.2, 0) is 0 Å². The fraction of sp³-hybridized carbons (Fsp3) is 0.533. The minimum absolute atomic E-state index is 0.00137. The van der Waals surface area contributed by atoms with Gasteiger partial charge in [0.1, 0.15) is 5.75 Å². The number of ether oxygens (including phenoxy) is 1. The molecule has 2 rings (SSSR count). The zero-order valence-corrected chi connectivity index (χ0v) is 11.1. The first-order chi connectivity index (χ1) is 8.56. The fourth-order valence-electron chi connectivity index (χ4n) is 2.45. The smallest absolute Gasteiger partial charge is 0.163 e. The minimum Gasteiger partial charge on any atom is -0.490 e. The topological polar surface area (TPSA) is 52.3 Å². The van der Waals surface area contributed by atoms with Gasteiger partial charge in [-0.15, -0.1) is 0 Å². The van der Waals surface area contributed by atoms with Crippen molar-refractivity contribution in [2.24, 2.45) is 5.92 Å². The minimum atomic E-state index is 0.00137. The van der Waals surface area contributed by atoms with Crippen molar-refractivity contribution in [3.63, 3.8) is 0 Å². The molecule has 1 fully saturated rings. The Morgan fingerprint density at radius 3 is 2.56 bits per heavy atom. The Kier molecular flexibility index (Phi) is 3.90. The van der Waals surface area contributed by atoms with Gasteiger partial charge in [-0.3, -0.25) is 4.79 Å². The molecule has 1 aliphatic carbocycles. The van der Waals surface area contributed by atoms with Gasteiger partial charge in [0.05, 0.1) is 11.7 Å². The van der Waals surface area contributed by atoms with E-state index < -0.39 is 0 Å². The number of rotatable bonds is 3. The van der Waals surface area contributed by atoms with E-state index in [1.54, 1.807) is 19.1 Å². The van der Waals surface area contributed by atoms with Crippen LogP contribution in [0.2, 0.25) is 0 Å². The zero-order valence-electron chi connectivity index (χ0n) is 11.1. The number of hydrogen-bond acceptors (Lipinski definition) is 3. The summed E-state index contributed by atoms with van der Waals surface area (Å²) in [6.45, 7) is 3.82. The second-order valence-corrected chi connectivity index (χ2v) is 5.31. The quantitative estimate of drug-likeness (QED) is 0.657. The summed E-state index contributed by atoms with van der Waals surface area (Å²) >= 11 is 0. The molecule has 18 heavy (non-hydrogen) atoms. The number of hydrogen-bond donors (Lipinski definition) is 1. The molecule has 0 spiro atoms. The molecule has 0 bridgehead atoms. The van der Waals surface area contributed by atoms with Gasteiger partial charge in [-0.1, -0.05) is 6.92 Å². The van der Waals surface area contributed by atoms with Crippen molar-refractivity contribution in [2.75, 3.05) is 5.73 Å². The van der Waals surface area contributed by atoms with Gasteiger partial charge in [-0.25, -0.2) is 0 Å². The molecule has 2 N–H and O–H groups in total. The molecule has 3 nitrogen and oxygen atoms in total. The van der Waals surface area contributed by atoms with Gasteiger partial charge in [0.25, 0.3) is 0 Å². The van der Waals surface area contributed by atoms with Gasteiger partial charge in [-0.05, 0) is 56.7 Å². The van der Waals surface area contributed by atoms with E-state index in [9.17, 15) is 4.79 Å². The Balaban J connectivity index is 2.11. The average molecular weight is 247 g/mol. The number of carbonyl (C=O) groups is 1. The van der Waals surface area contributed by atoms with E-state index in [4.69, 9.17) is 10.5 Å². The van der Waals surface area contributed by atoms with Crippen LogP contribution < -0.4 is 10.5 Å². The number of nitrogen functional groups attached to an aromatic ring is 1. The van der Waals surface area contributed by atoms with Crippen LogP contribution in [0.3, 0.4) is 0 Å². The monoisotopic (exact) mass is 247 g/mol. The van der Waals surface area contributed by atoms with Gasteiger partial charge < -0.3 is 10.5 Å². The highest BCUT2D eigenvalue weighted by Crippen LogP contribution is 2.29. The number of Topliss-reactive ketones (excluding diaryl/α,β-unsaturated/α-hetero) is 1. The Morgan fingerprint density at radius 2 is 1.94 bits per heavy atom. The van der Waals surface area contributed by atoms with E-state index in [0.717, 1.165) is 18.8 Å². The second kappa shape index (κ2) is 5.42. The first-order valence-corrected chi connectivity index (χ1v) is 6.63. The summed E-state index contributed by atoms with van der Waals surface area (Å²) in [4.78, 5) is 11.6. The molecule has 1 saturated carbocycles. The highest BCUT2D eigenvalue weighted by atomic mass is 16.5. The molecule has 3 heteroatoms. The fourth-order valence-corrected chi connectivity index (χ4v) is 2.45. The van der Waals surface area contributed by atoms with Gasteiger partial charge in [-0.2, -0.15) is 0 Å². The van der Waals surface area contributed by atoms with Crippen LogP contribution in [-0.4, -0.2) is 11.9 Å². The Morgan fingerprint density at radius 1 is 1.28 bits per heavy atom. The summed E-state index contributed by atoms with van der Waals surface area (Å²) in [5.41, 5.74) is 6.90. The molecular formula is C15H21NO2. The average Bonchev–Trinajstić information content (AvgIpc) is 2.34.